The van der Waals surface area contributed by atoms with Crippen LogP contribution in [0.2, 0.25) is 5.15 Å². The Morgan fingerprint density at radius 1 is 1.26 bits per heavy atom. The Bertz CT molecular complexity index is 1350. The summed E-state index contributed by atoms with van der Waals surface area (Å²) in [5.74, 6) is 0.193. The molecule has 3 aromatic heterocycles. The van der Waals surface area contributed by atoms with E-state index in [1.807, 2.05) is 20.8 Å². The highest BCUT2D eigenvalue weighted by molar-refractivity contribution is 6.29. The molecular weight excluding hydrogens is 523 g/mol. The maximum Gasteiger partial charge on any atom is 0.425 e. The first-order chi connectivity index (χ1) is 17.8. The highest BCUT2D eigenvalue weighted by Crippen LogP contribution is 2.55. The molecule has 1 aliphatic carbocycles. The van der Waals surface area contributed by atoms with Crippen LogP contribution in [0.4, 0.5) is 24.8 Å². The molecule has 0 radical (unpaired) electrons. The number of fused-ring (bicyclic) bond motifs is 2. The van der Waals surface area contributed by atoms with Crippen molar-refractivity contribution in [1.29, 1.82) is 0 Å². The predicted molar refractivity (Wildman–Crippen MR) is 137 cm³/mol. The number of nitrogens with zero attached hydrogens (tertiary/aromatic N) is 6. The molecule has 14 heteroatoms. The third kappa shape index (κ3) is 4.11. The van der Waals surface area contributed by atoms with Gasteiger partial charge in [-0.1, -0.05) is 32.4 Å². The van der Waals surface area contributed by atoms with Crippen molar-refractivity contribution in [3.05, 3.63) is 35.1 Å². The standard InChI is InChI=1S/C24H31ClF3N9O/c1-5-16-17-10-36(14-8-18(25)34-31-9-14)11-22(17,29)23(16,30)33-21-32-20-15(12(2)3)6-7-19(37(20)35-21)38-13(4)24(26,27)28/h6-9,12-13,16-17H,5,10-11,29-30H2,1-4H3,(H,33,35)/t13-,16+,17?,22-,23+/m0/s1. The van der Waals surface area contributed by atoms with Gasteiger partial charge >= 0.3 is 6.18 Å². The molecule has 2 fully saturated rings. The minimum Gasteiger partial charge on any atom is -0.465 e. The Morgan fingerprint density at radius 3 is 2.63 bits per heavy atom. The van der Waals surface area contributed by atoms with Crippen molar-refractivity contribution < 1.29 is 17.9 Å². The van der Waals surface area contributed by atoms with Gasteiger partial charge in [0, 0.05) is 37.1 Å². The molecule has 4 heterocycles. The normalized spacial score (nSPS) is 27.9. The maximum absolute atomic E-state index is 13.2. The number of halogens is 4. The quantitative estimate of drug-likeness (QED) is 0.375. The number of pyridine rings is 1. The lowest BCUT2D eigenvalue weighted by atomic mass is 9.52. The van der Waals surface area contributed by atoms with E-state index in [1.165, 1.54) is 10.6 Å². The molecule has 0 aromatic carbocycles. The fourth-order valence-corrected chi connectivity index (χ4v) is 6.04. The Labute approximate surface area is 222 Å². The number of alkyl halides is 3. The van der Waals surface area contributed by atoms with Gasteiger partial charge in [-0.05, 0) is 30.9 Å². The highest BCUT2D eigenvalue weighted by Gasteiger charge is 2.71. The molecule has 1 aliphatic heterocycles. The van der Waals surface area contributed by atoms with Crippen molar-refractivity contribution in [2.75, 3.05) is 23.3 Å². The van der Waals surface area contributed by atoms with Gasteiger partial charge in [0.15, 0.2) is 16.9 Å². The van der Waals surface area contributed by atoms with Gasteiger partial charge < -0.3 is 26.4 Å². The Hall–Kier alpha value is -2.90. The molecule has 1 unspecified atom stereocenters. The molecule has 3 aromatic rings. The van der Waals surface area contributed by atoms with E-state index in [0.717, 1.165) is 24.6 Å². The van der Waals surface area contributed by atoms with Gasteiger partial charge in [0.05, 0.1) is 17.4 Å². The first-order valence-corrected chi connectivity index (χ1v) is 12.9. The Balaban J connectivity index is 1.48. The average Bonchev–Trinajstić information content (AvgIpc) is 3.39. The number of nitrogens with one attached hydrogen (secondary N) is 1. The lowest BCUT2D eigenvalue weighted by Crippen LogP contribution is -2.86. The van der Waals surface area contributed by atoms with Crippen molar-refractivity contribution >= 4 is 28.9 Å². The van der Waals surface area contributed by atoms with Crippen LogP contribution in [0, 0.1) is 11.8 Å². The fourth-order valence-electron chi connectivity index (χ4n) is 5.89. The molecule has 5 N–H and O–H groups in total. The molecule has 0 spiro atoms. The van der Waals surface area contributed by atoms with Gasteiger partial charge in [0.2, 0.25) is 11.8 Å². The Kier molecular flexibility index (Phi) is 6.39. The molecule has 0 bridgehead atoms. The second-order valence-corrected chi connectivity index (χ2v) is 10.9. The minimum atomic E-state index is -4.53. The summed E-state index contributed by atoms with van der Waals surface area (Å²) in [5.41, 5.74) is 14.0. The monoisotopic (exact) mass is 553 g/mol. The first kappa shape index (κ1) is 26.7. The molecule has 1 saturated heterocycles. The van der Waals surface area contributed by atoms with E-state index in [4.69, 9.17) is 27.8 Å². The molecule has 38 heavy (non-hydrogen) atoms. The summed E-state index contributed by atoms with van der Waals surface area (Å²) >= 11 is 6.05. The third-order valence-electron chi connectivity index (χ3n) is 7.97. The van der Waals surface area contributed by atoms with Crippen LogP contribution in [-0.2, 0) is 0 Å². The molecule has 206 valence electrons. The number of hydrogen-bond donors (Lipinski definition) is 3. The molecule has 5 rings (SSSR count). The largest absolute Gasteiger partial charge is 0.465 e. The fraction of sp³-hybridized carbons (Fsp3) is 0.583. The van der Waals surface area contributed by atoms with Crippen molar-refractivity contribution in [2.45, 2.75) is 63.5 Å². The van der Waals surface area contributed by atoms with Gasteiger partial charge in [0.25, 0.3) is 0 Å². The summed E-state index contributed by atoms with van der Waals surface area (Å²) in [4.78, 5) is 6.71. The van der Waals surface area contributed by atoms with E-state index in [-0.39, 0.29) is 34.7 Å². The van der Waals surface area contributed by atoms with E-state index >= 15 is 0 Å². The third-order valence-corrected chi connectivity index (χ3v) is 8.15. The zero-order chi connectivity index (χ0) is 27.6. The van der Waals surface area contributed by atoms with Crippen LogP contribution in [0.1, 0.15) is 45.6 Å². The van der Waals surface area contributed by atoms with Gasteiger partial charge in [0.1, 0.15) is 5.66 Å². The van der Waals surface area contributed by atoms with Gasteiger partial charge in [-0.15, -0.1) is 10.2 Å². The second-order valence-electron chi connectivity index (χ2n) is 10.5. The van der Waals surface area contributed by atoms with Crippen molar-refractivity contribution in [1.82, 2.24) is 24.8 Å². The lowest BCUT2D eigenvalue weighted by molar-refractivity contribution is -0.190. The summed E-state index contributed by atoms with van der Waals surface area (Å²) in [6, 6.07) is 4.91. The number of aromatic nitrogens is 5. The smallest absolute Gasteiger partial charge is 0.425 e. The zero-order valence-electron chi connectivity index (χ0n) is 21.5. The summed E-state index contributed by atoms with van der Waals surface area (Å²) < 4.78 is 46.2. The number of rotatable bonds is 7. The summed E-state index contributed by atoms with van der Waals surface area (Å²) in [6.07, 6.45) is -4.18. The van der Waals surface area contributed by atoms with Crippen LogP contribution in [0.25, 0.3) is 5.65 Å². The zero-order valence-corrected chi connectivity index (χ0v) is 22.3. The number of ether oxygens (including phenoxy) is 1. The molecule has 0 amide bonds. The van der Waals surface area contributed by atoms with E-state index < -0.39 is 23.5 Å². The van der Waals surface area contributed by atoms with Crippen molar-refractivity contribution in [3.63, 3.8) is 0 Å². The predicted octanol–water partition coefficient (Wildman–Crippen LogP) is 3.57. The van der Waals surface area contributed by atoms with Crippen LogP contribution in [-0.4, -0.2) is 61.4 Å². The highest BCUT2D eigenvalue weighted by atomic mass is 35.5. The van der Waals surface area contributed by atoms with Crippen LogP contribution in [0.5, 0.6) is 5.88 Å². The summed E-state index contributed by atoms with van der Waals surface area (Å²) in [7, 11) is 0. The lowest BCUT2D eigenvalue weighted by Gasteiger charge is -2.62. The first-order valence-electron chi connectivity index (χ1n) is 12.5. The molecule has 2 aliphatic rings. The Morgan fingerprint density at radius 2 is 2.00 bits per heavy atom. The van der Waals surface area contributed by atoms with Gasteiger partial charge in [-0.25, -0.2) is 0 Å². The minimum absolute atomic E-state index is 0.0140. The number of hydrogen-bond acceptors (Lipinski definition) is 9. The maximum atomic E-state index is 13.2. The number of anilines is 2. The van der Waals surface area contributed by atoms with Gasteiger partial charge in [-0.3, -0.25) is 0 Å². The topological polar surface area (TPSA) is 133 Å². The number of nitrogens with two attached hydrogens (primary N) is 2. The second kappa shape index (κ2) is 9.09. The summed E-state index contributed by atoms with van der Waals surface area (Å²) in [6.45, 7) is 8.02. The molecular formula is C24H31ClF3N9O. The van der Waals surface area contributed by atoms with Crippen molar-refractivity contribution in [3.8, 4) is 5.88 Å². The van der Waals surface area contributed by atoms with E-state index in [2.05, 4.69) is 30.5 Å². The van der Waals surface area contributed by atoms with Crippen LogP contribution in [0.15, 0.2) is 24.4 Å². The van der Waals surface area contributed by atoms with E-state index in [9.17, 15) is 13.2 Å². The molecule has 1 saturated carbocycles. The SMILES string of the molecule is CC[C@@H]1C2CN(c3cnnc(Cl)c3)C[C@@]2(N)[C@]1(N)Nc1nc2c(C(C)C)ccc(O[C@@H](C)C(F)(F)F)n2n1. The van der Waals surface area contributed by atoms with Crippen LogP contribution < -0.4 is 26.4 Å². The summed E-state index contributed by atoms with van der Waals surface area (Å²) in [5, 5.41) is 15.8. The van der Waals surface area contributed by atoms with E-state index in [0.29, 0.717) is 18.7 Å². The molecule has 10 nitrogen and oxygen atoms in total. The molecule has 5 atom stereocenters. The van der Waals surface area contributed by atoms with Crippen LogP contribution >= 0.6 is 11.6 Å². The van der Waals surface area contributed by atoms with Crippen LogP contribution in [0.3, 0.4) is 0 Å². The average molecular weight is 554 g/mol. The van der Waals surface area contributed by atoms with Crippen molar-refractivity contribution in [2.24, 2.45) is 23.3 Å². The van der Waals surface area contributed by atoms with E-state index in [1.54, 1.807) is 18.3 Å². The van der Waals surface area contributed by atoms with Gasteiger partial charge in [-0.2, -0.15) is 27.8 Å².